The molecule has 3 aromatic rings. The molecule has 0 radical (unpaired) electrons. The molecule has 2 aromatic carbocycles. The van der Waals surface area contributed by atoms with Crippen LogP contribution in [-0.2, 0) is 20.7 Å². The maximum absolute atomic E-state index is 13.7. The van der Waals surface area contributed by atoms with Gasteiger partial charge in [0.15, 0.2) is 0 Å². The Morgan fingerprint density at radius 2 is 1.83 bits per heavy atom. The zero-order valence-electron chi connectivity index (χ0n) is 20.3. The molecule has 5 rings (SSSR count). The molecular weight excluding hydrogens is 442 g/mol. The Labute approximate surface area is 205 Å². The number of piperazine rings is 1. The lowest BCUT2D eigenvalue weighted by atomic mass is 9.86. The maximum atomic E-state index is 13.7. The number of amides is 2. The Balaban J connectivity index is 1.55. The van der Waals surface area contributed by atoms with Gasteiger partial charge in [0.1, 0.15) is 6.04 Å². The van der Waals surface area contributed by atoms with Gasteiger partial charge < -0.3 is 19.5 Å². The number of aromatic amines is 1. The Morgan fingerprint density at radius 1 is 1.06 bits per heavy atom. The highest BCUT2D eigenvalue weighted by atomic mass is 16.5. The number of methoxy groups -OCH3 is 1. The van der Waals surface area contributed by atoms with Crippen LogP contribution in [0, 0.1) is 0 Å². The number of nitrogens with one attached hydrogen (secondary N) is 1. The smallest absolute Gasteiger partial charge is 0.337 e. The van der Waals surface area contributed by atoms with E-state index in [1.54, 1.807) is 21.9 Å². The summed E-state index contributed by atoms with van der Waals surface area (Å²) in [5.41, 5.74) is 4.31. The van der Waals surface area contributed by atoms with E-state index in [1.807, 2.05) is 30.3 Å². The van der Waals surface area contributed by atoms with Crippen LogP contribution in [0.15, 0.2) is 48.5 Å². The second-order valence-corrected chi connectivity index (χ2v) is 9.42. The number of hydrogen-bond donors (Lipinski definition) is 1. The zero-order valence-corrected chi connectivity index (χ0v) is 20.3. The Morgan fingerprint density at radius 3 is 2.57 bits per heavy atom. The van der Waals surface area contributed by atoms with Crippen molar-refractivity contribution in [3.05, 3.63) is 70.9 Å². The minimum absolute atomic E-state index is 0.0215. The summed E-state index contributed by atoms with van der Waals surface area (Å²) >= 11 is 0. The van der Waals surface area contributed by atoms with Crippen molar-refractivity contribution in [1.29, 1.82) is 0 Å². The average molecular weight is 474 g/mol. The largest absolute Gasteiger partial charge is 0.465 e. The summed E-state index contributed by atoms with van der Waals surface area (Å²) in [6.07, 6.45) is 4.73. The third-order valence-electron chi connectivity index (χ3n) is 7.27. The molecule has 0 bridgehead atoms. The highest BCUT2D eigenvalue weighted by Crippen LogP contribution is 2.42. The molecule has 0 saturated carbocycles. The Hall–Kier alpha value is -3.61. The molecule has 3 heterocycles. The number of para-hydroxylation sites is 1. The number of aromatic nitrogens is 1. The van der Waals surface area contributed by atoms with Crippen LogP contribution >= 0.6 is 0 Å². The summed E-state index contributed by atoms with van der Waals surface area (Å²) in [6.45, 7) is 2.88. The van der Waals surface area contributed by atoms with Crippen LogP contribution in [0.5, 0.6) is 0 Å². The van der Waals surface area contributed by atoms with Crippen LogP contribution < -0.4 is 0 Å². The molecule has 0 aliphatic carbocycles. The van der Waals surface area contributed by atoms with E-state index in [9.17, 15) is 14.4 Å². The lowest BCUT2D eigenvalue weighted by molar-refractivity contribution is -0.158. The van der Waals surface area contributed by atoms with Crippen molar-refractivity contribution < 1.29 is 19.1 Å². The molecule has 182 valence electrons. The first kappa shape index (κ1) is 23.1. The van der Waals surface area contributed by atoms with Crippen LogP contribution in [-0.4, -0.2) is 58.8 Å². The molecule has 2 aliphatic rings. The fourth-order valence-corrected chi connectivity index (χ4v) is 5.51. The molecule has 0 spiro atoms. The summed E-state index contributed by atoms with van der Waals surface area (Å²) in [4.78, 5) is 46.2. The van der Waals surface area contributed by atoms with E-state index >= 15 is 0 Å². The van der Waals surface area contributed by atoms with Gasteiger partial charge in [0.2, 0.25) is 11.8 Å². The van der Waals surface area contributed by atoms with Gasteiger partial charge in [0.25, 0.3) is 0 Å². The molecule has 2 amide bonds. The molecular formula is C28H31N3O4. The van der Waals surface area contributed by atoms with E-state index in [-0.39, 0.29) is 18.4 Å². The number of ether oxygens (including phenoxy) is 1. The molecule has 0 unspecified atom stereocenters. The summed E-state index contributed by atoms with van der Waals surface area (Å²) in [5, 5.41) is 1.08. The highest BCUT2D eigenvalue weighted by molar-refractivity contribution is 5.97. The monoisotopic (exact) mass is 473 g/mol. The predicted molar refractivity (Wildman–Crippen MR) is 133 cm³/mol. The number of fused-ring (bicyclic) bond motifs is 4. The summed E-state index contributed by atoms with van der Waals surface area (Å²) in [7, 11) is 1.35. The van der Waals surface area contributed by atoms with Gasteiger partial charge in [-0.3, -0.25) is 9.59 Å². The fourth-order valence-electron chi connectivity index (χ4n) is 5.51. The zero-order chi connectivity index (χ0) is 24.5. The Kier molecular flexibility index (Phi) is 6.32. The number of esters is 1. The molecule has 1 fully saturated rings. The minimum Gasteiger partial charge on any atom is -0.465 e. The number of carbonyl (C=O) groups excluding carboxylic acids is 3. The number of H-pyrrole nitrogens is 1. The SMILES string of the molecule is CCCCCCN1CC(=O)N2[C@H](c3ccc(C(=O)OC)cc3)c3[nH]c4ccccc4c3C[C@H]2C1=O. The molecule has 2 aliphatic heterocycles. The van der Waals surface area contributed by atoms with Crippen LogP contribution in [0.25, 0.3) is 10.9 Å². The molecule has 7 heteroatoms. The number of unbranched alkanes of at least 4 members (excludes halogenated alkanes) is 3. The topological polar surface area (TPSA) is 82.7 Å². The number of benzene rings is 2. The van der Waals surface area contributed by atoms with Gasteiger partial charge in [-0.15, -0.1) is 0 Å². The van der Waals surface area contributed by atoms with E-state index in [4.69, 9.17) is 4.74 Å². The maximum Gasteiger partial charge on any atom is 0.337 e. The molecule has 7 nitrogen and oxygen atoms in total. The van der Waals surface area contributed by atoms with Crippen LogP contribution in [0.4, 0.5) is 0 Å². The van der Waals surface area contributed by atoms with Crippen molar-refractivity contribution in [2.75, 3.05) is 20.2 Å². The molecule has 1 saturated heterocycles. The lowest BCUT2D eigenvalue weighted by Crippen LogP contribution is -2.63. The number of nitrogens with zero attached hydrogens (tertiary/aromatic N) is 2. The number of carbonyl (C=O) groups is 3. The second kappa shape index (κ2) is 9.56. The van der Waals surface area contributed by atoms with Crippen molar-refractivity contribution >= 4 is 28.7 Å². The van der Waals surface area contributed by atoms with E-state index < -0.39 is 18.1 Å². The first-order chi connectivity index (χ1) is 17.0. The van der Waals surface area contributed by atoms with Crippen LogP contribution in [0.2, 0.25) is 0 Å². The first-order valence-corrected chi connectivity index (χ1v) is 12.4. The van der Waals surface area contributed by atoms with Crippen LogP contribution in [0.1, 0.15) is 65.8 Å². The third kappa shape index (κ3) is 4.09. The van der Waals surface area contributed by atoms with Gasteiger partial charge in [0, 0.05) is 29.6 Å². The van der Waals surface area contributed by atoms with E-state index in [2.05, 4.69) is 18.0 Å². The van der Waals surface area contributed by atoms with Gasteiger partial charge in [-0.25, -0.2) is 4.79 Å². The van der Waals surface area contributed by atoms with Gasteiger partial charge in [0.05, 0.1) is 25.3 Å². The quantitative estimate of drug-likeness (QED) is 0.411. The summed E-state index contributed by atoms with van der Waals surface area (Å²) in [5.74, 6) is -0.433. The normalized spacial score (nSPS) is 19.6. The van der Waals surface area contributed by atoms with Gasteiger partial charge in [-0.2, -0.15) is 0 Å². The van der Waals surface area contributed by atoms with Gasteiger partial charge in [-0.1, -0.05) is 56.5 Å². The van der Waals surface area contributed by atoms with Crippen molar-refractivity contribution in [3.63, 3.8) is 0 Å². The summed E-state index contributed by atoms with van der Waals surface area (Å²) < 4.78 is 4.83. The molecule has 2 atom stereocenters. The molecule has 35 heavy (non-hydrogen) atoms. The second-order valence-electron chi connectivity index (χ2n) is 9.42. The van der Waals surface area contributed by atoms with Crippen LogP contribution in [0.3, 0.4) is 0 Å². The Bertz CT molecular complexity index is 1260. The van der Waals surface area contributed by atoms with Crippen molar-refractivity contribution in [2.45, 2.75) is 51.1 Å². The van der Waals surface area contributed by atoms with E-state index in [0.717, 1.165) is 53.4 Å². The predicted octanol–water partition coefficient (Wildman–Crippen LogP) is 4.22. The fraction of sp³-hybridized carbons (Fsp3) is 0.393. The minimum atomic E-state index is -0.542. The average Bonchev–Trinajstić information content (AvgIpc) is 3.26. The van der Waals surface area contributed by atoms with Crippen molar-refractivity contribution in [2.24, 2.45) is 0 Å². The van der Waals surface area contributed by atoms with Gasteiger partial charge >= 0.3 is 5.97 Å². The van der Waals surface area contributed by atoms with E-state index in [1.165, 1.54) is 7.11 Å². The highest BCUT2D eigenvalue weighted by Gasteiger charge is 2.48. The molecule has 1 N–H and O–H groups in total. The van der Waals surface area contributed by atoms with E-state index in [0.29, 0.717) is 18.5 Å². The number of hydrogen-bond acceptors (Lipinski definition) is 4. The van der Waals surface area contributed by atoms with Crippen molar-refractivity contribution in [3.8, 4) is 0 Å². The standard InChI is InChI=1S/C28H31N3O4/c1-3-4-5-8-15-30-17-24(32)31-23(27(30)33)16-21-20-9-6-7-10-22(20)29-25(21)26(31)18-11-13-19(14-12-18)28(34)35-2/h6-7,9-14,23,26,29H,3-5,8,15-17H2,1-2H3/t23-,26+/m0/s1. The lowest BCUT2D eigenvalue weighted by Gasteiger charge is -2.47. The summed E-state index contributed by atoms with van der Waals surface area (Å²) in [6, 6.07) is 14.2. The third-order valence-corrected chi connectivity index (χ3v) is 7.27. The molecule has 1 aromatic heterocycles. The van der Waals surface area contributed by atoms with Crippen molar-refractivity contribution in [1.82, 2.24) is 14.8 Å². The van der Waals surface area contributed by atoms with Gasteiger partial charge in [-0.05, 0) is 35.7 Å². The number of rotatable bonds is 7. The first-order valence-electron chi connectivity index (χ1n) is 12.4.